The third-order valence-electron chi connectivity index (χ3n) is 13.7. The number of aliphatic hydroxyl groups excluding tert-OH is 1. The number of carboxylic acids is 1. The van der Waals surface area contributed by atoms with Crippen LogP contribution in [0, 0.1) is 56.7 Å². The van der Waals surface area contributed by atoms with E-state index in [-0.39, 0.29) is 28.1 Å². The van der Waals surface area contributed by atoms with E-state index in [1.165, 1.54) is 31.8 Å². The summed E-state index contributed by atoms with van der Waals surface area (Å²) in [6.45, 7) is 17.6. The zero-order valence-electron chi connectivity index (χ0n) is 24.4. The second-order valence-electron chi connectivity index (χ2n) is 15.2. The molecule has 5 nitrogen and oxygen atoms in total. The number of hydrogen-bond donors (Lipinski definition) is 2. The molecule has 0 aromatic heterocycles. The second-order valence-corrected chi connectivity index (χ2v) is 15.2. The molecule has 0 spiro atoms. The van der Waals surface area contributed by atoms with Gasteiger partial charge in [0.15, 0.2) is 0 Å². The van der Waals surface area contributed by atoms with Gasteiger partial charge in [-0.25, -0.2) is 0 Å². The van der Waals surface area contributed by atoms with Crippen molar-refractivity contribution in [2.75, 3.05) is 0 Å². The minimum absolute atomic E-state index is 0.00721. The summed E-state index contributed by atoms with van der Waals surface area (Å²) in [5, 5.41) is 22.6. The highest BCUT2D eigenvalue weighted by Gasteiger charge is 2.72. The Morgan fingerprint density at radius 1 is 0.946 bits per heavy atom. The summed E-state index contributed by atoms with van der Waals surface area (Å²) < 4.78 is 5.65. The van der Waals surface area contributed by atoms with Gasteiger partial charge in [-0.1, -0.05) is 53.2 Å². The lowest BCUT2D eigenvalue weighted by molar-refractivity contribution is -0.237. The molecule has 5 aliphatic carbocycles. The van der Waals surface area contributed by atoms with E-state index in [1.54, 1.807) is 6.92 Å². The fraction of sp³-hybridized carbons (Fsp3) is 0.875. The van der Waals surface area contributed by atoms with E-state index < -0.39 is 29.6 Å². The zero-order chi connectivity index (χ0) is 27.3. The van der Waals surface area contributed by atoms with Crippen LogP contribution in [0.3, 0.4) is 0 Å². The molecule has 2 N–H and O–H groups in total. The topological polar surface area (TPSA) is 83.8 Å². The second kappa shape index (κ2) is 8.32. The third-order valence-corrected chi connectivity index (χ3v) is 13.7. The van der Waals surface area contributed by atoms with Crippen LogP contribution in [0.4, 0.5) is 0 Å². The summed E-state index contributed by atoms with van der Waals surface area (Å²) in [4.78, 5) is 24.8. The molecular formula is C32H50O5. The van der Waals surface area contributed by atoms with E-state index in [2.05, 4.69) is 47.6 Å². The molecule has 4 fully saturated rings. The Hall–Kier alpha value is -1.36. The quantitative estimate of drug-likeness (QED) is 0.319. The number of hydrogen-bond acceptors (Lipinski definition) is 4. The molecule has 0 radical (unpaired) electrons. The lowest BCUT2D eigenvalue weighted by atomic mass is 9.33. The zero-order valence-corrected chi connectivity index (χ0v) is 24.4. The minimum Gasteiger partial charge on any atom is -0.481 e. The molecule has 0 bridgehead atoms. The summed E-state index contributed by atoms with van der Waals surface area (Å²) in [5.41, 5.74) is 0.161. The molecule has 0 amide bonds. The molecule has 4 saturated carbocycles. The molecule has 0 heterocycles. The van der Waals surface area contributed by atoms with Gasteiger partial charge in [-0.3, -0.25) is 9.59 Å². The van der Waals surface area contributed by atoms with E-state index in [1.807, 2.05) is 0 Å². The van der Waals surface area contributed by atoms with Crippen LogP contribution in [0.25, 0.3) is 0 Å². The van der Waals surface area contributed by atoms with Gasteiger partial charge in [-0.05, 0) is 104 Å². The number of carbonyl (C=O) groups is 2. The number of aliphatic hydroxyl groups is 1. The maximum Gasteiger partial charge on any atom is 0.313 e. The molecule has 0 aromatic rings. The lowest BCUT2D eigenvalue weighted by Crippen LogP contribution is -2.69. The first-order chi connectivity index (χ1) is 17.1. The van der Waals surface area contributed by atoms with Gasteiger partial charge in [0.1, 0.15) is 11.5 Å². The SMILES string of the molecule is CC(=O)O[C@@H]1CC[C@@]2(C)[C@@H](CC[C@]3(C)[C@@H]2C(O)C=C2[C@@H]4[C@@H](C)[C@H](C)CC[C@]4(C)CC[C@]23C)[C@@]1(C)C(=O)O. The maximum absolute atomic E-state index is 12.9. The van der Waals surface area contributed by atoms with Crippen molar-refractivity contribution in [2.45, 2.75) is 119 Å². The van der Waals surface area contributed by atoms with Crippen molar-refractivity contribution in [2.24, 2.45) is 56.7 Å². The number of carbonyl (C=O) groups excluding carboxylic acids is 1. The van der Waals surface area contributed by atoms with E-state index in [9.17, 15) is 19.8 Å². The molecule has 208 valence electrons. The first-order valence-electron chi connectivity index (χ1n) is 14.9. The summed E-state index contributed by atoms with van der Waals surface area (Å²) in [6.07, 6.45) is 8.93. The van der Waals surface area contributed by atoms with Gasteiger partial charge < -0.3 is 14.9 Å². The molecule has 5 heteroatoms. The summed E-state index contributed by atoms with van der Waals surface area (Å²) in [6, 6.07) is 0. The fourth-order valence-electron chi connectivity index (χ4n) is 11.3. The fourth-order valence-corrected chi connectivity index (χ4v) is 11.3. The predicted molar refractivity (Wildman–Crippen MR) is 144 cm³/mol. The van der Waals surface area contributed by atoms with Crippen molar-refractivity contribution in [3.63, 3.8) is 0 Å². The minimum atomic E-state index is -1.16. The average Bonchev–Trinajstić information content (AvgIpc) is 2.79. The predicted octanol–water partition coefficient (Wildman–Crippen LogP) is 6.63. The number of carboxylic acid groups (broad SMARTS) is 1. The summed E-state index contributed by atoms with van der Waals surface area (Å²) in [7, 11) is 0. The standard InChI is InChI=1S/C32H50O5/c1-18-9-12-28(4)15-16-30(6)21(25(28)19(18)2)17-22(34)26-29(5)13-11-24(37-20(3)33)32(8,27(35)36)23(29)10-14-31(26,30)7/h17-19,22-26,34H,9-16H2,1-8H3,(H,35,36)/t18-,19+,22?,23-,24-,25+,26-,28-,29+,30-,31-,32-/m1/s1. The van der Waals surface area contributed by atoms with Crippen molar-refractivity contribution in [3.05, 3.63) is 11.6 Å². The molecule has 37 heavy (non-hydrogen) atoms. The Kier molecular flexibility index (Phi) is 6.12. The first-order valence-corrected chi connectivity index (χ1v) is 14.9. The first kappa shape index (κ1) is 27.2. The summed E-state index contributed by atoms with van der Waals surface area (Å²) in [5.74, 6) is 0.292. The van der Waals surface area contributed by atoms with Gasteiger partial charge in [0, 0.05) is 12.8 Å². The highest BCUT2D eigenvalue weighted by atomic mass is 16.5. The van der Waals surface area contributed by atoms with E-state index in [4.69, 9.17) is 4.74 Å². The molecule has 1 unspecified atom stereocenters. The lowest BCUT2D eigenvalue weighted by Gasteiger charge is -2.72. The van der Waals surface area contributed by atoms with Crippen LogP contribution in [0.5, 0.6) is 0 Å². The van der Waals surface area contributed by atoms with Gasteiger partial charge in [0.2, 0.25) is 0 Å². The Morgan fingerprint density at radius 2 is 1.62 bits per heavy atom. The average molecular weight is 515 g/mol. The van der Waals surface area contributed by atoms with Crippen LogP contribution in [0.1, 0.15) is 107 Å². The van der Waals surface area contributed by atoms with Crippen molar-refractivity contribution >= 4 is 11.9 Å². The maximum atomic E-state index is 12.9. The van der Waals surface area contributed by atoms with Gasteiger partial charge in [-0.2, -0.15) is 0 Å². The van der Waals surface area contributed by atoms with Crippen molar-refractivity contribution < 1.29 is 24.5 Å². The van der Waals surface area contributed by atoms with Crippen LogP contribution in [-0.2, 0) is 14.3 Å². The van der Waals surface area contributed by atoms with Crippen molar-refractivity contribution in [3.8, 4) is 0 Å². The highest BCUT2D eigenvalue weighted by Crippen LogP contribution is 2.75. The Balaban J connectivity index is 1.61. The Bertz CT molecular complexity index is 1020. The van der Waals surface area contributed by atoms with Crippen LogP contribution >= 0.6 is 0 Å². The van der Waals surface area contributed by atoms with Gasteiger partial charge in [0.05, 0.1) is 6.10 Å². The number of fused-ring (bicyclic) bond motifs is 7. The van der Waals surface area contributed by atoms with Crippen molar-refractivity contribution in [1.82, 2.24) is 0 Å². The number of aliphatic carboxylic acids is 1. The van der Waals surface area contributed by atoms with Crippen molar-refractivity contribution in [1.29, 1.82) is 0 Å². The molecular weight excluding hydrogens is 464 g/mol. The molecule has 0 saturated heterocycles. The normalized spacial score (nSPS) is 55.1. The van der Waals surface area contributed by atoms with Gasteiger partial charge in [0.25, 0.3) is 0 Å². The molecule has 12 atom stereocenters. The smallest absolute Gasteiger partial charge is 0.313 e. The number of ether oxygens (including phenoxy) is 1. The van der Waals surface area contributed by atoms with Crippen LogP contribution in [0.2, 0.25) is 0 Å². The highest BCUT2D eigenvalue weighted by molar-refractivity contribution is 5.77. The van der Waals surface area contributed by atoms with Crippen LogP contribution in [-0.4, -0.2) is 34.4 Å². The van der Waals surface area contributed by atoms with Gasteiger partial charge in [-0.15, -0.1) is 0 Å². The molecule has 5 rings (SSSR count). The molecule has 0 aromatic carbocycles. The van der Waals surface area contributed by atoms with Crippen LogP contribution < -0.4 is 0 Å². The van der Waals surface area contributed by atoms with E-state index in [0.717, 1.165) is 25.7 Å². The van der Waals surface area contributed by atoms with Gasteiger partial charge >= 0.3 is 11.9 Å². The number of rotatable bonds is 2. The molecule has 0 aliphatic heterocycles. The molecule has 5 aliphatic rings. The van der Waals surface area contributed by atoms with E-state index in [0.29, 0.717) is 29.6 Å². The summed E-state index contributed by atoms with van der Waals surface area (Å²) >= 11 is 0. The Labute approximate surface area is 223 Å². The Morgan fingerprint density at radius 3 is 2.24 bits per heavy atom. The number of esters is 1. The van der Waals surface area contributed by atoms with Crippen LogP contribution in [0.15, 0.2) is 11.6 Å². The third kappa shape index (κ3) is 3.37. The number of allylic oxidation sites excluding steroid dienone is 1. The largest absolute Gasteiger partial charge is 0.481 e. The van der Waals surface area contributed by atoms with E-state index >= 15 is 0 Å². The monoisotopic (exact) mass is 514 g/mol.